The largest absolute Gasteiger partial charge is 0.385 e. The SMILES string of the molecule is C#C[C@]12O[C@@H](n3ccc(N)nc3=O)C(F)(F)[C@@]1(O)C2O. The fraction of sp³-hybridized carbons (Fsp3) is 0.455. The molecule has 1 aliphatic heterocycles. The van der Waals surface area contributed by atoms with Crippen molar-refractivity contribution in [3.8, 4) is 12.3 Å². The molecule has 2 fully saturated rings. The molecule has 0 aromatic carbocycles. The first-order valence-corrected chi connectivity index (χ1v) is 5.51. The molecule has 1 saturated heterocycles. The maximum Gasteiger partial charge on any atom is 0.351 e. The highest BCUT2D eigenvalue weighted by atomic mass is 19.3. The second-order valence-electron chi connectivity index (χ2n) is 4.68. The predicted octanol–water partition coefficient (Wildman–Crippen LogP) is -1.53. The first-order valence-electron chi connectivity index (χ1n) is 5.51. The lowest BCUT2D eigenvalue weighted by molar-refractivity contribution is -0.199. The van der Waals surface area contributed by atoms with E-state index in [-0.39, 0.29) is 5.82 Å². The number of terminal acetylenes is 1. The van der Waals surface area contributed by atoms with Crippen LogP contribution < -0.4 is 11.4 Å². The van der Waals surface area contributed by atoms with Gasteiger partial charge in [0.1, 0.15) is 11.9 Å². The van der Waals surface area contributed by atoms with E-state index in [2.05, 4.69) is 4.98 Å². The molecular weight excluding hydrogens is 276 g/mol. The molecule has 1 aliphatic carbocycles. The molecule has 9 heteroatoms. The molecule has 1 unspecified atom stereocenters. The van der Waals surface area contributed by atoms with Crippen molar-refractivity contribution in [2.75, 3.05) is 5.73 Å². The minimum absolute atomic E-state index is 0.150. The number of rotatable bonds is 1. The molecule has 4 atom stereocenters. The number of alkyl halides is 2. The molecule has 0 radical (unpaired) electrons. The third-order valence-corrected chi connectivity index (χ3v) is 3.70. The summed E-state index contributed by atoms with van der Waals surface area (Å²) in [5.41, 5.74) is -0.991. The van der Waals surface area contributed by atoms with Gasteiger partial charge in [0.15, 0.2) is 5.60 Å². The standard InChI is InChI=1S/C11H9F2N3O4/c1-2-9-6(17)10(9,19)11(12,13)7(20-9)16-4-3-5(14)15-8(16)18/h1,3-4,6-7,17,19H,(H2,14,15,18)/t6?,7-,9-,10-/m1/s1. The zero-order chi connectivity index (χ0) is 14.9. The van der Waals surface area contributed by atoms with Gasteiger partial charge in [0.2, 0.25) is 11.8 Å². The molecule has 7 nitrogen and oxygen atoms in total. The summed E-state index contributed by atoms with van der Waals surface area (Å²) < 4.78 is 33.8. The average Bonchev–Trinajstić information content (AvgIpc) is 2.78. The second kappa shape index (κ2) is 3.35. The highest BCUT2D eigenvalue weighted by Gasteiger charge is 2.95. The zero-order valence-corrected chi connectivity index (χ0v) is 9.83. The topological polar surface area (TPSA) is 111 Å². The number of aliphatic hydroxyl groups is 2. The van der Waals surface area contributed by atoms with E-state index < -0.39 is 35.1 Å². The number of anilines is 1. The van der Waals surface area contributed by atoms with Crippen LogP contribution >= 0.6 is 0 Å². The Bertz CT molecular complexity index is 700. The highest BCUT2D eigenvalue weighted by molar-refractivity contribution is 5.47. The molecule has 106 valence electrons. The van der Waals surface area contributed by atoms with Crippen LogP contribution in [0.3, 0.4) is 0 Å². The number of aromatic nitrogens is 2. The third kappa shape index (κ3) is 1.10. The van der Waals surface area contributed by atoms with Gasteiger partial charge in [-0.3, -0.25) is 4.57 Å². The second-order valence-corrected chi connectivity index (χ2v) is 4.68. The monoisotopic (exact) mass is 285 g/mol. The van der Waals surface area contributed by atoms with E-state index in [1.807, 2.05) is 5.92 Å². The van der Waals surface area contributed by atoms with Crippen molar-refractivity contribution in [3.63, 3.8) is 0 Å². The summed E-state index contributed by atoms with van der Waals surface area (Å²) in [6, 6.07) is 1.12. The molecule has 3 rings (SSSR count). The number of aliphatic hydroxyl groups excluding tert-OH is 1. The van der Waals surface area contributed by atoms with Crippen molar-refractivity contribution < 1.29 is 23.7 Å². The van der Waals surface area contributed by atoms with Gasteiger partial charge in [-0.05, 0) is 6.07 Å². The first-order chi connectivity index (χ1) is 9.22. The van der Waals surface area contributed by atoms with Gasteiger partial charge in [-0.25, -0.2) is 4.79 Å². The Morgan fingerprint density at radius 1 is 1.60 bits per heavy atom. The number of ether oxygens (including phenoxy) is 1. The van der Waals surface area contributed by atoms with Crippen LogP contribution in [-0.4, -0.2) is 43.0 Å². The van der Waals surface area contributed by atoms with Gasteiger partial charge in [0.25, 0.3) is 0 Å². The minimum atomic E-state index is -3.97. The number of nitrogens with two attached hydrogens (primary N) is 1. The summed E-state index contributed by atoms with van der Waals surface area (Å²) in [6.45, 7) is 0. The molecule has 0 amide bonds. The van der Waals surface area contributed by atoms with Crippen LogP contribution in [0, 0.1) is 12.3 Å². The molecule has 0 spiro atoms. The first kappa shape index (κ1) is 13.0. The van der Waals surface area contributed by atoms with Gasteiger partial charge in [0.05, 0.1) is 0 Å². The molecule has 4 N–H and O–H groups in total. The molecule has 1 aromatic rings. The summed E-state index contributed by atoms with van der Waals surface area (Å²) >= 11 is 0. The van der Waals surface area contributed by atoms with E-state index in [9.17, 15) is 23.8 Å². The van der Waals surface area contributed by atoms with Crippen LogP contribution in [0.1, 0.15) is 6.23 Å². The van der Waals surface area contributed by atoms with E-state index in [1.54, 1.807) is 0 Å². The average molecular weight is 285 g/mol. The van der Waals surface area contributed by atoms with Gasteiger partial charge < -0.3 is 20.7 Å². The molecule has 20 heavy (non-hydrogen) atoms. The Balaban J connectivity index is 2.11. The lowest BCUT2D eigenvalue weighted by Gasteiger charge is -2.25. The van der Waals surface area contributed by atoms with Crippen molar-refractivity contribution >= 4 is 5.82 Å². The van der Waals surface area contributed by atoms with E-state index in [0.717, 1.165) is 12.3 Å². The molecule has 2 aliphatic rings. The lowest BCUT2D eigenvalue weighted by atomic mass is 10.1. The normalized spacial score (nSPS) is 41.0. The van der Waals surface area contributed by atoms with Crippen molar-refractivity contribution in [1.29, 1.82) is 0 Å². The van der Waals surface area contributed by atoms with Crippen LogP contribution in [0.5, 0.6) is 0 Å². The van der Waals surface area contributed by atoms with Crippen molar-refractivity contribution in [3.05, 3.63) is 22.7 Å². The fourth-order valence-electron chi connectivity index (χ4n) is 2.50. The van der Waals surface area contributed by atoms with Crippen molar-refractivity contribution in [2.24, 2.45) is 0 Å². The summed E-state index contributed by atoms with van der Waals surface area (Å²) in [4.78, 5) is 14.9. The van der Waals surface area contributed by atoms with E-state index >= 15 is 0 Å². The van der Waals surface area contributed by atoms with E-state index in [0.29, 0.717) is 4.57 Å². The van der Waals surface area contributed by atoms with Crippen LogP contribution in [0.4, 0.5) is 14.6 Å². The Hall–Kier alpha value is -2.02. The zero-order valence-electron chi connectivity index (χ0n) is 9.83. The number of hydrogen-bond acceptors (Lipinski definition) is 6. The van der Waals surface area contributed by atoms with Crippen LogP contribution in [0.15, 0.2) is 17.1 Å². The fourth-order valence-corrected chi connectivity index (χ4v) is 2.50. The van der Waals surface area contributed by atoms with Gasteiger partial charge >= 0.3 is 11.6 Å². The molecular formula is C11H9F2N3O4. The number of fused-ring (bicyclic) bond motifs is 1. The summed E-state index contributed by atoms with van der Waals surface area (Å²) in [6.07, 6.45) is 1.91. The summed E-state index contributed by atoms with van der Waals surface area (Å²) in [7, 11) is 0. The molecule has 0 bridgehead atoms. The van der Waals surface area contributed by atoms with E-state index in [1.165, 1.54) is 0 Å². The third-order valence-electron chi connectivity index (χ3n) is 3.70. The van der Waals surface area contributed by atoms with Gasteiger partial charge in [-0.2, -0.15) is 13.8 Å². The van der Waals surface area contributed by atoms with Crippen molar-refractivity contribution in [1.82, 2.24) is 9.55 Å². The number of halogens is 2. The quantitative estimate of drug-likeness (QED) is 0.540. The minimum Gasteiger partial charge on any atom is -0.385 e. The summed E-state index contributed by atoms with van der Waals surface area (Å²) in [5, 5.41) is 19.3. The van der Waals surface area contributed by atoms with Gasteiger partial charge in [-0.15, -0.1) is 6.42 Å². The van der Waals surface area contributed by atoms with Crippen LogP contribution in [0.2, 0.25) is 0 Å². The van der Waals surface area contributed by atoms with Crippen LogP contribution in [0.25, 0.3) is 0 Å². The van der Waals surface area contributed by atoms with Crippen LogP contribution in [-0.2, 0) is 4.74 Å². The Labute approximate surface area is 110 Å². The Morgan fingerprint density at radius 3 is 2.75 bits per heavy atom. The van der Waals surface area contributed by atoms with Crippen molar-refractivity contribution in [2.45, 2.75) is 29.5 Å². The maximum absolute atomic E-state index is 14.2. The lowest BCUT2D eigenvalue weighted by Crippen LogP contribution is -2.46. The number of nitrogens with zero attached hydrogens (tertiary/aromatic N) is 2. The molecule has 2 heterocycles. The smallest absolute Gasteiger partial charge is 0.351 e. The molecule has 1 saturated carbocycles. The Kier molecular flexibility index (Phi) is 2.17. The molecule has 1 aromatic heterocycles. The maximum atomic E-state index is 14.2. The summed E-state index contributed by atoms with van der Waals surface area (Å²) in [5.74, 6) is -2.29. The highest BCUT2D eigenvalue weighted by Crippen LogP contribution is 2.68. The number of nitrogen functional groups attached to an aromatic ring is 1. The predicted molar refractivity (Wildman–Crippen MR) is 60.5 cm³/mol. The Morgan fingerprint density at radius 2 is 2.25 bits per heavy atom. The van der Waals surface area contributed by atoms with Gasteiger partial charge in [-0.1, -0.05) is 5.92 Å². The number of hydrogen-bond donors (Lipinski definition) is 3. The van der Waals surface area contributed by atoms with Gasteiger partial charge in [0, 0.05) is 6.20 Å². The van der Waals surface area contributed by atoms with E-state index in [4.69, 9.17) is 16.9 Å².